The molecular weight excluding hydrogens is 290 g/mol. The van der Waals surface area contributed by atoms with Gasteiger partial charge >= 0.3 is 6.03 Å². The van der Waals surface area contributed by atoms with E-state index in [-0.39, 0.29) is 23.1 Å². The van der Waals surface area contributed by atoms with Crippen molar-refractivity contribution in [1.29, 1.82) is 0 Å². The zero-order valence-corrected chi connectivity index (χ0v) is 12.7. The SMILES string of the molecule is CC(=O)Nc1ccc(SC(C)C(=O)N2CCNC2=O)cc1. The van der Waals surface area contributed by atoms with E-state index >= 15 is 0 Å². The Morgan fingerprint density at radius 2 is 2.00 bits per heavy atom. The molecule has 1 fully saturated rings. The molecule has 2 rings (SSSR count). The molecule has 0 saturated carbocycles. The molecule has 2 N–H and O–H groups in total. The number of carbonyl (C=O) groups excluding carboxylic acids is 3. The van der Waals surface area contributed by atoms with Crippen LogP contribution >= 0.6 is 11.8 Å². The van der Waals surface area contributed by atoms with Gasteiger partial charge in [-0.15, -0.1) is 11.8 Å². The maximum atomic E-state index is 12.2. The van der Waals surface area contributed by atoms with Crippen molar-refractivity contribution in [3.63, 3.8) is 0 Å². The van der Waals surface area contributed by atoms with Gasteiger partial charge in [0, 0.05) is 30.6 Å². The molecule has 6 nitrogen and oxygen atoms in total. The third-order valence-corrected chi connectivity index (χ3v) is 4.06. The molecule has 0 aliphatic carbocycles. The standard InChI is InChI=1S/C14H17N3O3S/c1-9(13(19)17-8-7-15-14(17)20)21-12-5-3-11(4-6-12)16-10(2)18/h3-6,9H,7-8H2,1-2H3,(H,15,20)(H,16,18). The van der Waals surface area contributed by atoms with Crippen LogP contribution in [0.2, 0.25) is 0 Å². The highest BCUT2D eigenvalue weighted by Gasteiger charge is 2.29. The van der Waals surface area contributed by atoms with Crippen LogP contribution in [0.3, 0.4) is 0 Å². The van der Waals surface area contributed by atoms with Crippen molar-refractivity contribution in [1.82, 2.24) is 10.2 Å². The lowest BCUT2D eigenvalue weighted by Crippen LogP contribution is -2.38. The number of rotatable bonds is 4. The second kappa shape index (κ2) is 6.62. The average molecular weight is 307 g/mol. The minimum Gasteiger partial charge on any atom is -0.336 e. The van der Waals surface area contributed by atoms with Crippen molar-refractivity contribution >= 4 is 35.3 Å². The van der Waals surface area contributed by atoms with Crippen LogP contribution in [0, 0.1) is 0 Å². The molecule has 1 heterocycles. The summed E-state index contributed by atoms with van der Waals surface area (Å²) in [4.78, 5) is 36.7. The molecule has 0 bridgehead atoms. The Bertz CT molecular complexity index is 559. The zero-order valence-electron chi connectivity index (χ0n) is 11.9. The fraction of sp³-hybridized carbons (Fsp3) is 0.357. The molecular formula is C14H17N3O3S. The molecule has 4 amide bonds. The van der Waals surface area contributed by atoms with Gasteiger partial charge in [-0.1, -0.05) is 0 Å². The molecule has 112 valence electrons. The van der Waals surface area contributed by atoms with Crippen molar-refractivity contribution in [2.45, 2.75) is 24.0 Å². The van der Waals surface area contributed by atoms with Crippen LogP contribution in [0.25, 0.3) is 0 Å². The Labute approximate surface area is 127 Å². The number of urea groups is 1. The quantitative estimate of drug-likeness (QED) is 0.830. The van der Waals surface area contributed by atoms with Crippen LogP contribution in [0.5, 0.6) is 0 Å². The van der Waals surface area contributed by atoms with Crippen LogP contribution in [0.4, 0.5) is 10.5 Å². The van der Waals surface area contributed by atoms with Crippen molar-refractivity contribution in [2.75, 3.05) is 18.4 Å². The number of carbonyl (C=O) groups is 3. The summed E-state index contributed by atoms with van der Waals surface area (Å²) in [6, 6.07) is 6.91. The fourth-order valence-electron chi connectivity index (χ4n) is 1.98. The maximum Gasteiger partial charge on any atom is 0.324 e. The van der Waals surface area contributed by atoms with Crippen LogP contribution in [-0.2, 0) is 9.59 Å². The van der Waals surface area contributed by atoms with E-state index in [4.69, 9.17) is 0 Å². The van der Waals surface area contributed by atoms with Crippen LogP contribution in [0.15, 0.2) is 29.2 Å². The molecule has 1 atom stereocenters. The summed E-state index contributed by atoms with van der Waals surface area (Å²) >= 11 is 1.38. The number of imide groups is 1. The lowest BCUT2D eigenvalue weighted by Gasteiger charge is -2.17. The normalized spacial score (nSPS) is 15.5. The third-order valence-electron chi connectivity index (χ3n) is 2.96. The van der Waals surface area contributed by atoms with Crippen LogP contribution in [-0.4, -0.2) is 41.1 Å². The summed E-state index contributed by atoms with van der Waals surface area (Å²) in [6.45, 7) is 4.15. The predicted molar refractivity (Wildman–Crippen MR) is 81.2 cm³/mol. The summed E-state index contributed by atoms with van der Waals surface area (Å²) in [6.07, 6.45) is 0. The number of benzene rings is 1. The van der Waals surface area contributed by atoms with Gasteiger partial charge in [-0.25, -0.2) is 4.79 Å². The first-order valence-electron chi connectivity index (χ1n) is 6.61. The number of nitrogens with one attached hydrogen (secondary N) is 2. The first-order chi connectivity index (χ1) is 9.97. The van der Waals surface area contributed by atoms with Gasteiger partial charge < -0.3 is 10.6 Å². The molecule has 0 radical (unpaired) electrons. The fourth-order valence-corrected chi connectivity index (χ4v) is 2.91. The predicted octanol–water partition coefficient (Wildman–Crippen LogP) is 1.68. The van der Waals surface area contributed by atoms with Crippen molar-refractivity contribution in [2.24, 2.45) is 0 Å². The lowest BCUT2D eigenvalue weighted by atomic mass is 10.3. The van der Waals surface area contributed by atoms with E-state index in [1.165, 1.54) is 23.6 Å². The zero-order chi connectivity index (χ0) is 15.4. The molecule has 1 aliphatic rings. The Kier molecular flexibility index (Phi) is 4.85. The summed E-state index contributed by atoms with van der Waals surface area (Å²) in [5.74, 6) is -0.320. The van der Waals surface area contributed by atoms with Gasteiger partial charge in [-0.05, 0) is 31.2 Å². The molecule has 1 aromatic rings. The number of hydrogen-bond donors (Lipinski definition) is 2. The lowest BCUT2D eigenvalue weighted by molar-refractivity contribution is -0.126. The summed E-state index contributed by atoms with van der Waals surface area (Å²) in [5, 5.41) is 4.95. The van der Waals surface area contributed by atoms with E-state index in [9.17, 15) is 14.4 Å². The minimum absolute atomic E-state index is 0.126. The average Bonchev–Trinajstić information content (AvgIpc) is 2.85. The van der Waals surface area contributed by atoms with Gasteiger partial charge in [0.1, 0.15) is 0 Å². The molecule has 1 aliphatic heterocycles. The van der Waals surface area contributed by atoms with Crippen molar-refractivity contribution < 1.29 is 14.4 Å². The van der Waals surface area contributed by atoms with E-state index in [0.29, 0.717) is 18.8 Å². The number of hydrogen-bond acceptors (Lipinski definition) is 4. The van der Waals surface area contributed by atoms with Crippen LogP contribution < -0.4 is 10.6 Å². The van der Waals surface area contributed by atoms with Crippen molar-refractivity contribution in [3.8, 4) is 0 Å². The number of anilines is 1. The topological polar surface area (TPSA) is 78.5 Å². The number of amides is 4. The Hall–Kier alpha value is -2.02. The first-order valence-corrected chi connectivity index (χ1v) is 7.49. The minimum atomic E-state index is -0.347. The molecule has 7 heteroatoms. The van der Waals surface area contributed by atoms with Crippen LogP contribution in [0.1, 0.15) is 13.8 Å². The van der Waals surface area contributed by atoms with Gasteiger partial charge in [-0.3, -0.25) is 14.5 Å². The molecule has 1 unspecified atom stereocenters. The van der Waals surface area contributed by atoms with Gasteiger partial charge in [0.15, 0.2) is 0 Å². The Balaban J connectivity index is 1.95. The maximum absolute atomic E-state index is 12.2. The summed E-state index contributed by atoms with van der Waals surface area (Å²) < 4.78 is 0. The highest BCUT2D eigenvalue weighted by Crippen LogP contribution is 2.26. The molecule has 0 spiro atoms. The molecule has 1 aromatic carbocycles. The second-order valence-corrected chi connectivity index (χ2v) is 6.10. The van der Waals surface area contributed by atoms with E-state index < -0.39 is 0 Å². The molecule has 1 saturated heterocycles. The smallest absolute Gasteiger partial charge is 0.324 e. The highest BCUT2D eigenvalue weighted by molar-refractivity contribution is 8.00. The van der Waals surface area contributed by atoms with E-state index in [1.54, 1.807) is 19.1 Å². The summed E-state index contributed by atoms with van der Waals surface area (Å²) in [7, 11) is 0. The van der Waals surface area contributed by atoms with E-state index in [0.717, 1.165) is 4.90 Å². The number of thioether (sulfide) groups is 1. The third kappa shape index (κ3) is 3.98. The van der Waals surface area contributed by atoms with Gasteiger partial charge in [0.2, 0.25) is 11.8 Å². The highest BCUT2D eigenvalue weighted by atomic mass is 32.2. The Morgan fingerprint density at radius 3 is 2.52 bits per heavy atom. The van der Waals surface area contributed by atoms with E-state index in [2.05, 4.69) is 10.6 Å². The number of nitrogens with zero attached hydrogens (tertiary/aromatic N) is 1. The Morgan fingerprint density at radius 1 is 1.33 bits per heavy atom. The van der Waals surface area contributed by atoms with Gasteiger partial charge in [0.05, 0.1) is 5.25 Å². The second-order valence-electron chi connectivity index (χ2n) is 4.69. The monoisotopic (exact) mass is 307 g/mol. The summed E-state index contributed by atoms with van der Waals surface area (Å²) in [5.41, 5.74) is 0.713. The van der Waals surface area contributed by atoms with Gasteiger partial charge in [-0.2, -0.15) is 0 Å². The molecule has 21 heavy (non-hydrogen) atoms. The first kappa shape index (κ1) is 15.4. The molecule has 0 aromatic heterocycles. The van der Waals surface area contributed by atoms with E-state index in [1.807, 2.05) is 12.1 Å². The largest absolute Gasteiger partial charge is 0.336 e. The van der Waals surface area contributed by atoms with Crippen molar-refractivity contribution in [3.05, 3.63) is 24.3 Å². The van der Waals surface area contributed by atoms with Gasteiger partial charge in [0.25, 0.3) is 0 Å².